The number of H-pyrrole nitrogens is 1. The van der Waals surface area contributed by atoms with Gasteiger partial charge < -0.3 is 16.0 Å². The van der Waals surface area contributed by atoms with Gasteiger partial charge >= 0.3 is 0 Å². The molecule has 1 amide bonds. The monoisotopic (exact) mass is 234 g/mol. The molecule has 2 rings (SSSR count). The van der Waals surface area contributed by atoms with Gasteiger partial charge in [0.05, 0.1) is 18.4 Å². The highest BCUT2D eigenvalue weighted by molar-refractivity contribution is 5.97. The fourth-order valence-electron chi connectivity index (χ4n) is 1.53. The lowest BCUT2D eigenvalue weighted by Crippen LogP contribution is -2.27. The van der Waals surface area contributed by atoms with E-state index >= 15 is 0 Å². The Balaban J connectivity index is 2.06. The number of nitrogen functional groups attached to an aromatic ring is 1. The van der Waals surface area contributed by atoms with Gasteiger partial charge in [-0.05, 0) is 6.92 Å². The lowest BCUT2D eigenvalue weighted by Gasteiger charge is -2.06. The van der Waals surface area contributed by atoms with E-state index in [2.05, 4.69) is 20.4 Å². The minimum Gasteiger partial charge on any atom is -0.396 e. The van der Waals surface area contributed by atoms with Crippen LogP contribution in [0.2, 0.25) is 0 Å². The second-order valence-electron chi connectivity index (χ2n) is 3.48. The summed E-state index contributed by atoms with van der Waals surface area (Å²) in [6.45, 7) is 2.83. The summed E-state index contributed by atoms with van der Waals surface area (Å²) in [4.78, 5) is 18.8. The van der Waals surface area contributed by atoms with Crippen molar-refractivity contribution in [1.29, 1.82) is 0 Å². The van der Waals surface area contributed by atoms with Gasteiger partial charge in [-0.25, -0.2) is 4.98 Å². The van der Waals surface area contributed by atoms with Gasteiger partial charge in [-0.3, -0.25) is 9.48 Å². The van der Waals surface area contributed by atoms with Crippen LogP contribution in [0.5, 0.6) is 0 Å². The first-order chi connectivity index (χ1) is 8.22. The third kappa shape index (κ3) is 2.27. The molecule has 0 saturated heterocycles. The van der Waals surface area contributed by atoms with Crippen molar-refractivity contribution in [1.82, 2.24) is 25.1 Å². The molecule has 0 aliphatic carbocycles. The Morgan fingerprint density at radius 2 is 2.47 bits per heavy atom. The standard InChI is InChI=1S/C10H14N6O/c1-2-16-9(7(11)5-15-16)10(17)14-6-8-12-3-4-13-8/h3-5H,2,6,11H2,1H3,(H,12,13)(H,14,17). The SMILES string of the molecule is CCn1ncc(N)c1C(=O)NCc1ncc[nH]1. The van der Waals surface area contributed by atoms with Crippen LogP contribution < -0.4 is 11.1 Å². The zero-order valence-electron chi connectivity index (χ0n) is 9.47. The fraction of sp³-hybridized carbons (Fsp3) is 0.300. The Morgan fingerprint density at radius 3 is 3.12 bits per heavy atom. The van der Waals surface area contributed by atoms with Crippen molar-refractivity contribution in [3.8, 4) is 0 Å². The van der Waals surface area contributed by atoms with Crippen molar-refractivity contribution < 1.29 is 4.79 Å². The molecule has 17 heavy (non-hydrogen) atoms. The number of nitrogens with zero attached hydrogens (tertiary/aromatic N) is 3. The highest BCUT2D eigenvalue weighted by atomic mass is 16.2. The van der Waals surface area contributed by atoms with E-state index in [1.165, 1.54) is 6.20 Å². The van der Waals surface area contributed by atoms with E-state index in [0.717, 1.165) is 0 Å². The first-order valence-corrected chi connectivity index (χ1v) is 5.30. The first-order valence-electron chi connectivity index (χ1n) is 5.30. The molecule has 0 aliphatic heterocycles. The summed E-state index contributed by atoms with van der Waals surface area (Å²) in [5.41, 5.74) is 6.47. The highest BCUT2D eigenvalue weighted by Crippen LogP contribution is 2.10. The van der Waals surface area contributed by atoms with Gasteiger partial charge in [-0.2, -0.15) is 5.10 Å². The van der Waals surface area contributed by atoms with E-state index < -0.39 is 0 Å². The van der Waals surface area contributed by atoms with Gasteiger partial charge in [0.1, 0.15) is 11.5 Å². The molecule has 0 atom stereocenters. The van der Waals surface area contributed by atoms with Gasteiger partial charge in [0.15, 0.2) is 0 Å². The van der Waals surface area contributed by atoms with E-state index in [0.29, 0.717) is 30.3 Å². The lowest BCUT2D eigenvalue weighted by atomic mass is 10.3. The number of carbonyl (C=O) groups is 1. The molecule has 2 aromatic rings. The molecular formula is C10H14N6O. The maximum atomic E-state index is 11.9. The summed E-state index contributed by atoms with van der Waals surface area (Å²) in [5, 5.41) is 6.74. The summed E-state index contributed by atoms with van der Waals surface area (Å²) in [6.07, 6.45) is 4.81. The smallest absolute Gasteiger partial charge is 0.272 e. The molecule has 0 spiro atoms. The molecule has 0 fully saturated rings. The van der Waals surface area contributed by atoms with Gasteiger partial charge in [-0.15, -0.1) is 0 Å². The predicted molar refractivity (Wildman–Crippen MR) is 62.1 cm³/mol. The van der Waals surface area contributed by atoms with Crippen LogP contribution in [0.1, 0.15) is 23.2 Å². The highest BCUT2D eigenvalue weighted by Gasteiger charge is 2.15. The summed E-state index contributed by atoms with van der Waals surface area (Å²) in [6, 6.07) is 0. The van der Waals surface area contributed by atoms with E-state index in [1.807, 2.05) is 6.92 Å². The van der Waals surface area contributed by atoms with Gasteiger partial charge in [0.2, 0.25) is 0 Å². The van der Waals surface area contributed by atoms with E-state index in [1.54, 1.807) is 17.1 Å². The molecule has 0 bridgehead atoms. The zero-order chi connectivity index (χ0) is 12.3. The normalized spacial score (nSPS) is 10.4. The summed E-state index contributed by atoms with van der Waals surface area (Å²) in [7, 11) is 0. The third-order valence-corrected chi connectivity index (χ3v) is 2.35. The molecule has 0 radical (unpaired) electrons. The summed E-state index contributed by atoms with van der Waals surface area (Å²) >= 11 is 0. The number of anilines is 1. The predicted octanol–water partition coefficient (Wildman–Crippen LogP) is 0.138. The first kappa shape index (κ1) is 11.2. The van der Waals surface area contributed by atoms with E-state index in [-0.39, 0.29) is 5.91 Å². The van der Waals surface area contributed by atoms with Crippen LogP contribution in [0.15, 0.2) is 18.6 Å². The third-order valence-electron chi connectivity index (χ3n) is 2.35. The maximum Gasteiger partial charge on any atom is 0.272 e. The van der Waals surface area contributed by atoms with Gasteiger partial charge in [-0.1, -0.05) is 0 Å². The molecule has 0 saturated carbocycles. The molecule has 7 nitrogen and oxygen atoms in total. The number of hydrogen-bond acceptors (Lipinski definition) is 4. The number of aromatic amines is 1. The van der Waals surface area contributed by atoms with Gasteiger partial charge in [0, 0.05) is 18.9 Å². The molecular weight excluding hydrogens is 220 g/mol. The molecule has 0 aliphatic rings. The minimum absolute atomic E-state index is 0.252. The Kier molecular flexibility index (Phi) is 3.08. The number of nitrogens with one attached hydrogen (secondary N) is 2. The number of aryl methyl sites for hydroxylation is 1. The number of hydrogen-bond donors (Lipinski definition) is 3. The van der Waals surface area contributed by atoms with Crippen molar-refractivity contribution in [2.45, 2.75) is 20.0 Å². The number of rotatable bonds is 4. The van der Waals surface area contributed by atoms with E-state index in [4.69, 9.17) is 5.73 Å². The molecule has 7 heteroatoms. The summed E-state index contributed by atoms with van der Waals surface area (Å²) < 4.78 is 1.56. The van der Waals surface area contributed by atoms with Crippen molar-refractivity contribution in [2.75, 3.05) is 5.73 Å². The average Bonchev–Trinajstić information content (AvgIpc) is 2.94. The van der Waals surface area contributed by atoms with Crippen molar-refractivity contribution in [2.24, 2.45) is 0 Å². The molecule has 2 heterocycles. The largest absolute Gasteiger partial charge is 0.396 e. The molecule has 4 N–H and O–H groups in total. The van der Waals surface area contributed by atoms with Crippen LogP contribution in [-0.4, -0.2) is 25.7 Å². The van der Waals surface area contributed by atoms with Gasteiger partial charge in [0.25, 0.3) is 5.91 Å². The molecule has 0 aromatic carbocycles. The van der Waals surface area contributed by atoms with Crippen molar-refractivity contribution in [3.05, 3.63) is 30.1 Å². The van der Waals surface area contributed by atoms with Crippen LogP contribution in [0.3, 0.4) is 0 Å². The number of nitrogens with two attached hydrogens (primary N) is 1. The van der Waals surface area contributed by atoms with Crippen LogP contribution in [-0.2, 0) is 13.1 Å². The number of aromatic nitrogens is 4. The molecule has 0 unspecified atom stereocenters. The van der Waals surface area contributed by atoms with Crippen molar-refractivity contribution >= 4 is 11.6 Å². The topological polar surface area (TPSA) is 102 Å². The Morgan fingerprint density at radius 1 is 1.65 bits per heavy atom. The number of amides is 1. The molecule has 2 aromatic heterocycles. The lowest BCUT2D eigenvalue weighted by molar-refractivity contribution is 0.0940. The minimum atomic E-state index is -0.252. The van der Waals surface area contributed by atoms with Crippen LogP contribution in [0, 0.1) is 0 Å². The van der Waals surface area contributed by atoms with E-state index in [9.17, 15) is 4.79 Å². The fourth-order valence-corrected chi connectivity index (χ4v) is 1.53. The Bertz CT molecular complexity index is 501. The molecule has 90 valence electrons. The zero-order valence-corrected chi connectivity index (χ0v) is 9.47. The Labute approximate surface area is 98.0 Å². The maximum absolute atomic E-state index is 11.9. The number of imidazole rings is 1. The second kappa shape index (κ2) is 4.69. The van der Waals surface area contributed by atoms with Crippen molar-refractivity contribution in [3.63, 3.8) is 0 Å². The number of carbonyl (C=O) groups excluding carboxylic acids is 1. The quantitative estimate of drug-likeness (QED) is 0.700. The average molecular weight is 234 g/mol. The van der Waals surface area contributed by atoms with Crippen LogP contribution in [0.4, 0.5) is 5.69 Å². The Hall–Kier alpha value is -2.31. The van der Waals surface area contributed by atoms with Crippen LogP contribution in [0.25, 0.3) is 0 Å². The van der Waals surface area contributed by atoms with Crippen LogP contribution >= 0.6 is 0 Å². The summed E-state index contributed by atoms with van der Waals surface area (Å²) in [5.74, 6) is 0.442. The second-order valence-corrected chi connectivity index (χ2v) is 3.48.